The molecule has 0 bridgehead atoms. The molecule has 4 nitrogen and oxygen atoms in total. The van der Waals surface area contributed by atoms with E-state index in [4.69, 9.17) is 9.73 Å². The zero-order valence-electron chi connectivity index (χ0n) is 21.0. The average molecular weight is 584 g/mol. The summed E-state index contributed by atoms with van der Waals surface area (Å²) < 4.78 is 7.11. The molecule has 0 saturated carbocycles. The first-order chi connectivity index (χ1) is 18.5. The predicted molar refractivity (Wildman–Crippen MR) is 160 cm³/mol. The van der Waals surface area contributed by atoms with Crippen LogP contribution in [0.15, 0.2) is 117 Å². The lowest BCUT2D eigenvalue weighted by Crippen LogP contribution is -2.28. The van der Waals surface area contributed by atoms with Crippen LogP contribution in [0.25, 0.3) is 6.08 Å². The number of carbonyl (C=O) groups excluding carboxylic acids is 1. The van der Waals surface area contributed by atoms with Crippen LogP contribution >= 0.6 is 27.7 Å². The topological polar surface area (TPSA) is 41.9 Å². The molecule has 1 heterocycles. The molecule has 0 aromatic heterocycles. The molecule has 0 aliphatic carbocycles. The van der Waals surface area contributed by atoms with Gasteiger partial charge in [-0.1, -0.05) is 106 Å². The lowest BCUT2D eigenvalue weighted by molar-refractivity contribution is -0.122. The first-order valence-corrected chi connectivity index (χ1v) is 14.0. The third-order valence-electron chi connectivity index (χ3n) is 6.08. The van der Waals surface area contributed by atoms with E-state index in [1.165, 1.54) is 17.3 Å². The van der Waals surface area contributed by atoms with Gasteiger partial charge in [-0.25, -0.2) is 0 Å². The number of halogens is 1. The number of hydrogen-bond acceptors (Lipinski definition) is 4. The second kappa shape index (κ2) is 12.3. The molecule has 6 heteroatoms. The fraction of sp³-hybridized carbons (Fsp3) is 0.125. The summed E-state index contributed by atoms with van der Waals surface area (Å²) in [5, 5.41) is 0.700. The number of benzene rings is 4. The van der Waals surface area contributed by atoms with Crippen molar-refractivity contribution < 1.29 is 9.53 Å². The third kappa shape index (κ3) is 6.63. The minimum atomic E-state index is -0.0601. The van der Waals surface area contributed by atoms with Gasteiger partial charge in [0.1, 0.15) is 12.4 Å². The van der Waals surface area contributed by atoms with Crippen LogP contribution in [-0.4, -0.2) is 16.0 Å². The number of aryl methyl sites for hydroxylation is 1. The van der Waals surface area contributed by atoms with E-state index in [9.17, 15) is 4.79 Å². The highest BCUT2D eigenvalue weighted by Crippen LogP contribution is 2.36. The monoisotopic (exact) mass is 582 g/mol. The Morgan fingerprint density at radius 1 is 0.868 bits per heavy atom. The first-order valence-electron chi connectivity index (χ1n) is 12.4. The molecule has 1 aliphatic heterocycles. The Kier molecular flexibility index (Phi) is 8.41. The van der Waals surface area contributed by atoms with Gasteiger partial charge in [-0.3, -0.25) is 14.7 Å². The van der Waals surface area contributed by atoms with Crippen molar-refractivity contribution in [2.75, 3.05) is 0 Å². The number of aliphatic imine (C=N–C) groups is 1. The van der Waals surface area contributed by atoms with Gasteiger partial charge in [0.25, 0.3) is 5.91 Å². The Labute approximate surface area is 236 Å². The Balaban J connectivity index is 1.43. The second-order valence-corrected chi connectivity index (χ2v) is 11.0. The van der Waals surface area contributed by atoms with Crippen LogP contribution < -0.4 is 4.74 Å². The van der Waals surface area contributed by atoms with Crippen molar-refractivity contribution in [3.8, 4) is 5.75 Å². The highest BCUT2D eigenvalue weighted by molar-refractivity contribution is 9.10. The van der Waals surface area contributed by atoms with Crippen LogP contribution in [0.5, 0.6) is 5.75 Å². The van der Waals surface area contributed by atoms with Crippen molar-refractivity contribution in [2.24, 2.45) is 4.99 Å². The van der Waals surface area contributed by atoms with Crippen molar-refractivity contribution in [3.05, 3.63) is 140 Å². The van der Waals surface area contributed by atoms with E-state index < -0.39 is 0 Å². The van der Waals surface area contributed by atoms with Crippen molar-refractivity contribution in [1.29, 1.82) is 0 Å². The summed E-state index contributed by atoms with van der Waals surface area (Å²) in [5.41, 5.74) is 5.30. The third-order valence-corrected chi connectivity index (χ3v) is 7.62. The summed E-state index contributed by atoms with van der Waals surface area (Å²) in [4.78, 5) is 20.9. The average Bonchev–Trinajstić information content (AvgIpc) is 3.22. The maximum absolute atomic E-state index is 13.6. The van der Waals surface area contributed by atoms with E-state index in [0.717, 1.165) is 32.5 Å². The van der Waals surface area contributed by atoms with Gasteiger partial charge in [0, 0.05) is 10.0 Å². The zero-order chi connectivity index (χ0) is 26.3. The zero-order valence-corrected chi connectivity index (χ0v) is 23.4. The molecule has 0 spiro atoms. The van der Waals surface area contributed by atoms with Crippen LogP contribution in [0, 0.1) is 6.92 Å². The lowest BCUT2D eigenvalue weighted by atomic mass is 10.1. The van der Waals surface area contributed by atoms with Gasteiger partial charge < -0.3 is 4.74 Å². The van der Waals surface area contributed by atoms with Crippen molar-refractivity contribution in [1.82, 2.24) is 4.90 Å². The van der Waals surface area contributed by atoms with Gasteiger partial charge in [0.15, 0.2) is 5.17 Å². The quantitative estimate of drug-likeness (QED) is 0.197. The summed E-state index contributed by atoms with van der Waals surface area (Å²) in [5.74, 6) is 0.661. The Morgan fingerprint density at radius 2 is 1.55 bits per heavy atom. The summed E-state index contributed by atoms with van der Waals surface area (Å²) in [6, 6.07) is 34.2. The molecule has 38 heavy (non-hydrogen) atoms. The van der Waals surface area contributed by atoms with Crippen LogP contribution in [0.2, 0.25) is 0 Å². The Hall–Kier alpha value is -3.61. The van der Waals surface area contributed by atoms with E-state index in [-0.39, 0.29) is 5.91 Å². The number of amides is 1. The summed E-state index contributed by atoms with van der Waals surface area (Å²) in [6.07, 6.45) is 1.91. The van der Waals surface area contributed by atoms with Crippen LogP contribution in [-0.2, 0) is 24.5 Å². The molecule has 190 valence electrons. The number of carbonyl (C=O) groups is 1. The molecule has 0 atom stereocenters. The largest absolute Gasteiger partial charge is 0.488 e. The summed E-state index contributed by atoms with van der Waals surface area (Å²) in [6.45, 7) is 3.49. The standard InChI is InChI=1S/C32H27BrN2O2S/c1-23-12-14-26(15-13-23)22-37-29-17-16-28(33)18-27(29)19-30-31(36)35(21-25-10-6-3-7-11-25)32(38-30)34-20-24-8-4-2-5-9-24/h2-19H,20-22H2,1H3/b30-19+,34-32?. The minimum Gasteiger partial charge on any atom is -0.488 e. The fourth-order valence-corrected chi connectivity index (χ4v) is 5.37. The fourth-order valence-electron chi connectivity index (χ4n) is 4.02. The Morgan fingerprint density at radius 3 is 2.26 bits per heavy atom. The van der Waals surface area contributed by atoms with Crippen LogP contribution in [0.4, 0.5) is 0 Å². The normalized spacial score (nSPS) is 15.4. The molecule has 5 rings (SSSR count). The maximum atomic E-state index is 13.6. The number of nitrogens with zero attached hydrogens (tertiary/aromatic N) is 2. The molecule has 1 amide bonds. The summed E-state index contributed by atoms with van der Waals surface area (Å²) >= 11 is 4.98. The number of thioether (sulfide) groups is 1. The van der Waals surface area contributed by atoms with Gasteiger partial charge >= 0.3 is 0 Å². The van der Waals surface area contributed by atoms with E-state index >= 15 is 0 Å². The second-order valence-electron chi connectivity index (χ2n) is 9.03. The SMILES string of the molecule is Cc1ccc(COc2ccc(Br)cc2/C=C2/SC(=NCc3ccccc3)N(Cc3ccccc3)C2=O)cc1. The Bertz CT molecular complexity index is 1470. The molecular weight excluding hydrogens is 556 g/mol. The smallest absolute Gasteiger partial charge is 0.267 e. The van der Waals surface area contributed by atoms with Gasteiger partial charge in [-0.15, -0.1) is 0 Å². The van der Waals surface area contributed by atoms with E-state index in [1.807, 2.05) is 84.9 Å². The first kappa shape index (κ1) is 26.0. The van der Waals surface area contributed by atoms with Gasteiger partial charge in [-0.05, 0) is 59.7 Å². The van der Waals surface area contributed by atoms with E-state index in [1.54, 1.807) is 4.90 Å². The number of hydrogen-bond donors (Lipinski definition) is 0. The van der Waals surface area contributed by atoms with Crippen molar-refractivity contribution in [3.63, 3.8) is 0 Å². The molecule has 0 radical (unpaired) electrons. The highest BCUT2D eigenvalue weighted by atomic mass is 79.9. The highest BCUT2D eigenvalue weighted by Gasteiger charge is 2.33. The van der Waals surface area contributed by atoms with Crippen molar-refractivity contribution in [2.45, 2.75) is 26.6 Å². The number of amidine groups is 1. The van der Waals surface area contributed by atoms with Gasteiger partial charge in [0.05, 0.1) is 18.0 Å². The minimum absolute atomic E-state index is 0.0601. The lowest BCUT2D eigenvalue weighted by Gasteiger charge is -2.15. The maximum Gasteiger partial charge on any atom is 0.267 e. The van der Waals surface area contributed by atoms with E-state index in [2.05, 4.69) is 47.1 Å². The van der Waals surface area contributed by atoms with E-state index in [0.29, 0.717) is 29.8 Å². The molecule has 1 aliphatic rings. The molecule has 1 fully saturated rings. The van der Waals surface area contributed by atoms with Crippen molar-refractivity contribution >= 4 is 44.8 Å². The number of rotatable bonds is 8. The van der Waals surface area contributed by atoms with Crippen LogP contribution in [0.1, 0.15) is 27.8 Å². The van der Waals surface area contributed by atoms with Gasteiger partial charge in [0.2, 0.25) is 0 Å². The molecule has 0 unspecified atom stereocenters. The number of ether oxygens (including phenoxy) is 1. The van der Waals surface area contributed by atoms with Crippen LogP contribution in [0.3, 0.4) is 0 Å². The van der Waals surface area contributed by atoms with Gasteiger partial charge in [-0.2, -0.15) is 0 Å². The molecular formula is C32H27BrN2O2S. The molecule has 4 aromatic rings. The summed E-state index contributed by atoms with van der Waals surface area (Å²) in [7, 11) is 0. The molecule has 1 saturated heterocycles. The predicted octanol–water partition coefficient (Wildman–Crippen LogP) is 8.01. The molecule has 4 aromatic carbocycles. The molecule has 0 N–H and O–H groups in total.